The van der Waals surface area contributed by atoms with E-state index in [2.05, 4.69) is 5.32 Å². The van der Waals surface area contributed by atoms with Gasteiger partial charge in [-0.15, -0.1) is 0 Å². The summed E-state index contributed by atoms with van der Waals surface area (Å²) >= 11 is 0. The topological polar surface area (TPSA) is 118 Å². The molecule has 2 rings (SSSR count). The summed E-state index contributed by atoms with van der Waals surface area (Å²) in [6, 6.07) is 12.0. The summed E-state index contributed by atoms with van der Waals surface area (Å²) in [6.45, 7) is 3.81. The first kappa shape index (κ1) is 21.6. The number of rotatable bonds is 10. The molecule has 0 aliphatic carbocycles. The van der Waals surface area contributed by atoms with Gasteiger partial charge in [-0.05, 0) is 55.8 Å². The van der Waals surface area contributed by atoms with E-state index < -0.39 is 18.0 Å². The monoisotopic (exact) mass is 398 g/mol. The van der Waals surface area contributed by atoms with Crippen LogP contribution >= 0.6 is 0 Å². The Balaban J connectivity index is 2.29. The molecule has 0 aromatic heterocycles. The summed E-state index contributed by atoms with van der Waals surface area (Å²) in [5, 5.41) is 21.5. The molecule has 0 heterocycles. The second-order valence-electron chi connectivity index (χ2n) is 5.87. The number of nitriles is 1. The molecule has 8 nitrogen and oxygen atoms in total. The number of nitrogens with one attached hydrogen (secondary N) is 1. The fraction of sp³-hybridized carbons (Fsp3) is 0.286. The number of ether oxygens (including phenoxy) is 3. The van der Waals surface area contributed by atoms with Gasteiger partial charge in [0.2, 0.25) is 0 Å². The molecule has 0 amide bonds. The standard InChI is InChI=1S/C21H22N2O6/c1-3-27-17-9-15(10-18(11-17)29-13-19(24)28-4-2)20(21(25)26)23-16-7-5-14(12-22)6-8-16/h5-11,20,23H,3-4,13H2,1-2H3,(H,25,26). The van der Waals surface area contributed by atoms with Crippen molar-refractivity contribution in [3.8, 4) is 17.6 Å². The van der Waals surface area contributed by atoms with E-state index in [-0.39, 0.29) is 19.0 Å². The summed E-state index contributed by atoms with van der Waals surface area (Å²) in [7, 11) is 0. The predicted molar refractivity (Wildman–Crippen MR) is 105 cm³/mol. The lowest BCUT2D eigenvalue weighted by Gasteiger charge is -2.18. The minimum atomic E-state index is -1.11. The van der Waals surface area contributed by atoms with Crippen LogP contribution in [0.5, 0.6) is 11.5 Å². The van der Waals surface area contributed by atoms with E-state index in [1.54, 1.807) is 50.2 Å². The van der Waals surface area contributed by atoms with E-state index in [4.69, 9.17) is 19.5 Å². The number of nitrogens with zero attached hydrogens (tertiary/aromatic N) is 1. The number of hydrogen-bond acceptors (Lipinski definition) is 7. The highest BCUT2D eigenvalue weighted by Crippen LogP contribution is 2.29. The molecule has 1 atom stereocenters. The molecule has 2 aromatic carbocycles. The van der Waals surface area contributed by atoms with Crippen molar-refractivity contribution in [3.63, 3.8) is 0 Å². The molecule has 0 saturated carbocycles. The van der Waals surface area contributed by atoms with Gasteiger partial charge in [-0.2, -0.15) is 5.26 Å². The number of carboxylic acids is 1. The average Bonchev–Trinajstić information content (AvgIpc) is 2.71. The minimum Gasteiger partial charge on any atom is -0.494 e. The molecule has 0 aliphatic rings. The SMILES string of the molecule is CCOC(=O)COc1cc(OCC)cc(C(Nc2ccc(C#N)cc2)C(=O)O)c1. The summed E-state index contributed by atoms with van der Waals surface area (Å²) in [6.07, 6.45) is 0. The zero-order valence-corrected chi connectivity index (χ0v) is 16.2. The summed E-state index contributed by atoms with van der Waals surface area (Å²) in [5.41, 5.74) is 1.38. The van der Waals surface area contributed by atoms with Crippen LogP contribution in [0.15, 0.2) is 42.5 Å². The van der Waals surface area contributed by atoms with Crippen molar-refractivity contribution >= 4 is 17.6 Å². The Bertz CT molecular complexity index is 889. The van der Waals surface area contributed by atoms with E-state index in [0.717, 1.165) is 0 Å². The van der Waals surface area contributed by atoms with Crippen LogP contribution in [0.1, 0.15) is 31.0 Å². The first-order chi connectivity index (χ1) is 14.0. The highest BCUT2D eigenvalue weighted by atomic mass is 16.6. The quantitative estimate of drug-likeness (QED) is 0.586. The molecule has 0 radical (unpaired) electrons. The zero-order valence-electron chi connectivity index (χ0n) is 16.2. The molecule has 2 aromatic rings. The van der Waals surface area contributed by atoms with Crippen molar-refractivity contribution in [2.24, 2.45) is 0 Å². The first-order valence-electron chi connectivity index (χ1n) is 9.02. The Hall–Kier alpha value is -3.73. The van der Waals surface area contributed by atoms with E-state index >= 15 is 0 Å². The van der Waals surface area contributed by atoms with Gasteiger partial charge in [0.25, 0.3) is 0 Å². The summed E-state index contributed by atoms with van der Waals surface area (Å²) in [4.78, 5) is 23.4. The molecule has 152 valence electrons. The first-order valence-corrected chi connectivity index (χ1v) is 9.02. The maximum absolute atomic E-state index is 11.9. The van der Waals surface area contributed by atoms with Crippen LogP contribution in [0, 0.1) is 11.3 Å². The van der Waals surface area contributed by atoms with Gasteiger partial charge in [0.05, 0.1) is 24.8 Å². The molecule has 0 saturated heterocycles. The van der Waals surface area contributed by atoms with Crippen molar-refractivity contribution in [1.29, 1.82) is 5.26 Å². The largest absolute Gasteiger partial charge is 0.494 e. The Morgan fingerprint density at radius 2 is 1.72 bits per heavy atom. The molecule has 8 heteroatoms. The van der Waals surface area contributed by atoms with Gasteiger partial charge >= 0.3 is 11.9 Å². The van der Waals surface area contributed by atoms with Crippen LogP contribution in [0.25, 0.3) is 0 Å². The van der Waals surface area contributed by atoms with Crippen LogP contribution in [-0.2, 0) is 14.3 Å². The number of carbonyl (C=O) groups is 2. The lowest BCUT2D eigenvalue weighted by atomic mass is 10.1. The lowest BCUT2D eigenvalue weighted by molar-refractivity contribution is -0.145. The lowest BCUT2D eigenvalue weighted by Crippen LogP contribution is -2.21. The Kier molecular flexibility index (Phi) is 7.86. The fourth-order valence-electron chi connectivity index (χ4n) is 2.53. The Morgan fingerprint density at radius 1 is 1.07 bits per heavy atom. The molecular formula is C21H22N2O6. The van der Waals surface area contributed by atoms with E-state index in [1.165, 1.54) is 6.07 Å². The van der Waals surface area contributed by atoms with E-state index in [1.807, 2.05) is 6.07 Å². The summed E-state index contributed by atoms with van der Waals surface area (Å²) < 4.78 is 15.8. The van der Waals surface area contributed by atoms with E-state index in [9.17, 15) is 14.7 Å². The number of anilines is 1. The molecule has 29 heavy (non-hydrogen) atoms. The third kappa shape index (κ3) is 6.43. The third-order valence-electron chi connectivity index (χ3n) is 3.78. The zero-order chi connectivity index (χ0) is 21.2. The van der Waals surface area contributed by atoms with Crippen LogP contribution < -0.4 is 14.8 Å². The molecule has 0 spiro atoms. The maximum Gasteiger partial charge on any atom is 0.344 e. The van der Waals surface area contributed by atoms with Crippen molar-refractivity contribution in [2.75, 3.05) is 25.1 Å². The van der Waals surface area contributed by atoms with Crippen molar-refractivity contribution in [2.45, 2.75) is 19.9 Å². The number of esters is 1. The van der Waals surface area contributed by atoms with Gasteiger partial charge < -0.3 is 24.6 Å². The van der Waals surface area contributed by atoms with Crippen LogP contribution in [-0.4, -0.2) is 36.9 Å². The molecule has 2 N–H and O–H groups in total. The van der Waals surface area contributed by atoms with Crippen molar-refractivity contribution in [3.05, 3.63) is 53.6 Å². The number of aliphatic carboxylic acids is 1. The average molecular weight is 398 g/mol. The molecule has 0 bridgehead atoms. The van der Waals surface area contributed by atoms with Crippen LogP contribution in [0.4, 0.5) is 5.69 Å². The molecular weight excluding hydrogens is 376 g/mol. The minimum absolute atomic E-state index is 0.238. The van der Waals surface area contributed by atoms with Gasteiger partial charge in [0, 0.05) is 11.8 Å². The smallest absolute Gasteiger partial charge is 0.344 e. The van der Waals surface area contributed by atoms with Gasteiger partial charge in [-0.1, -0.05) is 0 Å². The molecule has 0 fully saturated rings. The number of carboxylic acid groups (broad SMARTS) is 1. The Labute approximate surface area is 168 Å². The number of benzene rings is 2. The van der Waals surface area contributed by atoms with Gasteiger partial charge in [-0.3, -0.25) is 0 Å². The molecule has 1 unspecified atom stereocenters. The van der Waals surface area contributed by atoms with Gasteiger partial charge in [0.15, 0.2) is 12.6 Å². The predicted octanol–water partition coefficient (Wildman–Crippen LogP) is 3.14. The van der Waals surface area contributed by atoms with Crippen LogP contribution in [0.3, 0.4) is 0 Å². The summed E-state index contributed by atoms with van der Waals surface area (Å²) in [5.74, 6) is -0.940. The second kappa shape index (κ2) is 10.6. The van der Waals surface area contributed by atoms with Crippen molar-refractivity contribution < 1.29 is 28.9 Å². The normalized spacial score (nSPS) is 11.1. The highest BCUT2D eigenvalue weighted by Gasteiger charge is 2.22. The van der Waals surface area contributed by atoms with Gasteiger partial charge in [0.1, 0.15) is 11.5 Å². The van der Waals surface area contributed by atoms with Crippen LogP contribution in [0.2, 0.25) is 0 Å². The number of hydrogen-bond donors (Lipinski definition) is 2. The fourth-order valence-corrected chi connectivity index (χ4v) is 2.53. The van der Waals surface area contributed by atoms with Gasteiger partial charge in [-0.25, -0.2) is 9.59 Å². The van der Waals surface area contributed by atoms with Crippen molar-refractivity contribution in [1.82, 2.24) is 0 Å². The third-order valence-corrected chi connectivity index (χ3v) is 3.78. The van der Waals surface area contributed by atoms with E-state index in [0.29, 0.717) is 29.2 Å². The maximum atomic E-state index is 11.9. The molecule has 0 aliphatic heterocycles. The Morgan fingerprint density at radius 3 is 2.28 bits per heavy atom. The second-order valence-corrected chi connectivity index (χ2v) is 5.87. The number of carbonyl (C=O) groups excluding carboxylic acids is 1. The highest BCUT2D eigenvalue weighted by molar-refractivity contribution is 5.80.